The molecule has 2 aromatic rings. The highest BCUT2D eigenvalue weighted by Crippen LogP contribution is 2.29. The van der Waals surface area contributed by atoms with Crippen LogP contribution in [0, 0.1) is 5.92 Å². The fourth-order valence-electron chi connectivity index (χ4n) is 2.47. The largest absolute Gasteiger partial charge is 0.312 e. The Morgan fingerprint density at radius 3 is 2.55 bits per heavy atom. The van der Waals surface area contributed by atoms with Gasteiger partial charge in [0.1, 0.15) is 0 Å². The predicted octanol–water partition coefficient (Wildman–Crippen LogP) is 4.36. The maximum absolute atomic E-state index is 4.45. The van der Waals surface area contributed by atoms with E-state index in [1.54, 1.807) is 0 Å². The molecule has 0 spiro atoms. The third-order valence-electron chi connectivity index (χ3n) is 3.98. The molecule has 2 atom stereocenters. The van der Waals surface area contributed by atoms with Crippen LogP contribution in [0.1, 0.15) is 46.1 Å². The van der Waals surface area contributed by atoms with E-state index in [1.807, 2.05) is 12.3 Å². The molecule has 2 unspecified atom stereocenters. The van der Waals surface area contributed by atoms with Gasteiger partial charge in [0, 0.05) is 17.1 Å². The van der Waals surface area contributed by atoms with Crippen LogP contribution in [0.5, 0.6) is 0 Å². The zero-order valence-corrected chi connectivity index (χ0v) is 13.3. The highest BCUT2D eigenvalue weighted by molar-refractivity contribution is 5.82. The molecule has 0 saturated carbocycles. The summed E-state index contributed by atoms with van der Waals surface area (Å²) in [4.78, 5) is 4.45. The van der Waals surface area contributed by atoms with Gasteiger partial charge in [0.2, 0.25) is 0 Å². The van der Waals surface area contributed by atoms with E-state index in [9.17, 15) is 0 Å². The van der Waals surface area contributed by atoms with Crippen molar-refractivity contribution in [2.45, 2.75) is 46.1 Å². The monoisotopic (exact) mass is 270 g/mol. The lowest BCUT2D eigenvalue weighted by molar-refractivity contribution is 0.360. The second-order valence-electron chi connectivity index (χ2n) is 6.81. The molecule has 0 bridgehead atoms. The van der Waals surface area contributed by atoms with Crippen molar-refractivity contribution in [2.24, 2.45) is 5.92 Å². The molecule has 0 fully saturated rings. The number of benzene rings is 1. The Bertz CT molecular complexity index is 564. The van der Waals surface area contributed by atoms with Crippen molar-refractivity contribution in [1.82, 2.24) is 10.3 Å². The second kappa shape index (κ2) is 5.92. The fourth-order valence-corrected chi connectivity index (χ4v) is 2.47. The van der Waals surface area contributed by atoms with Crippen LogP contribution in [0.4, 0.5) is 0 Å². The number of hydrogen-bond donors (Lipinski definition) is 1. The van der Waals surface area contributed by atoms with Crippen LogP contribution in [0.25, 0.3) is 10.9 Å². The molecule has 1 heterocycles. The Morgan fingerprint density at radius 1 is 1.10 bits per heavy atom. The topological polar surface area (TPSA) is 24.9 Å². The van der Waals surface area contributed by atoms with E-state index in [0.29, 0.717) is 11.8 Å². The zero-order valence-electron chi connectivity index (χ0n) is 13.3. The highest BCUT2D eigenvalue weighted by atomic mass is 14.9. The number of rotatable bonds is 4. The fraction of sp³-hybridized carbons (Fsp3) is 0.500. The van der Waals surface area contributed by atoms with Crippen molar-refractivity contribution in [2.75, 3.05) is 6.54 Å². The molecule has 2 nitrogen and oxygen atoms in total. The maximum Gasteiger partial charge on any atom is 0.0704 e. The van der Waals surface area contributed by atoms with Gasteiger partial charge in [-0.25, -0.2) is 0 Å². The first kappa shape index (κ1) is 15.0. The molecule has 0 aliphatic carbocycles. The van der Waals surface area contributed by atoms with Gasteiger partial charge in [-0.1, -0.05) is 32.0 Å². The van der Waals surface area contributed by atoms with Crippen molar-refractivity contribution in [3.63, 3.8) is 0 Å². The van der Waals surface area contributed by atoms with Gasteiger partial charge >= 0.3 is 0 Å². The molecular weight excluding hydrogens is 244 g/mol. The van der Waals surface area contributed by atoms with Gasteiger partial charge in [0.05, 0.1) is 5.52 Å². The minimum absolute atomic E-state index is 0.175. The van der Waals surface area contributed by atoms with Gasteiger partial charge in [0.15, 0.2) is 0 Å². The molecule has 1 N–H and O–H groups in total. The molecule has 0 amide bonds. The summed E-state index contributed by atoms with van der Waals surface area (Å²) in [6, 6.07) is 10.6. The zero-order chi connectivity index (χ0) is 14.8. The lowest BCUT2D eigenvalue weighted by atomic mass is 9.86. The minimum Gasteiger partial charge on any atom is -0.312 e. The van der Waals surface area contributed by atoms with Crippen molar-refractivity contribution in [3.05, 3.63) is 42.1 Å². The van der Waals surface area contributed by atoms with E-state index < -0.39 is 0 Å². The first-order valence-corrected chi connectivity index (χ1v) is 7.47. The van der Waals surface area contributed by atoms with E-state index in [2.05, 4.69) is 69.2 Å². The summed E-state index contributed by atoms with van der Waals surface area (Å²) >= 11 is 0. The molecule has 2 rings (SSSR count). The standard InChI is InChI=1S/C18H26N2/c1-13(12-20-18(3,4)5)14(2)15-8-6-10-17-16(15)9-7-11-19-17/h6-11,13-14,20H,12H2,1-5H3. The normalized spacial score (nSPS) is 15.2. The van der Waals surface area contributed by atoms with Gasteiger partial charge in [-0.3, -0.25) is 4.98 Å². The van der Waals surface area contributed by atoms with Gasteiger partial charge in [-0.2, -0.15) is 0 Å². The van der Waals surface area contributed by atoms with Gasteiger partial charge in [-0.05, 0) is 56.8 Å². The SMILES string of the molecule is CC(CNC(C)(C)C)C(C)c1cccc2ncccc12. The molecule has 0 radical (unpaired) electrons. The molecule has 0 saturated heterocycles. The molecule has 0 aliphatic rings. The summed E-state index contributed by atoms with van der Waals surface area (Å²) < 4.78 is 0. The third kappa shape index (κ3) is 3.57. The Morgan fingerprint density at radius 2 is 1.85 bits per heavy atom. The lowest BCUT2D eigenvalue weighted by Gasteiger charge is -2.27. The number of fused-ring (bicyclic) bond motifs is 1. The van der Waals surface area contributed by atoms with Gasteiger partial charge in [0.25, 0.3) is 0 Å². The minimum atomic E-state index is 0.175. The molecule has 108 valence electrons. The highest BCUT2D eigenvalue weighted by Gasteiger charge is 2.19. The molecule has 1 aromatic heterocycles. The summed E-state index contributed by atoms with van der Waals surface area (Å²) in [5.41, 5.74) is 2.67. The first-order chi connectivity index (χ1) is 9.38. The van der Waals surface area contributed by atoms with E-state index in [0.717, 1.165) is 12.1 Å². The van der Waals surface area contributed by atoms with Crippen molar-refractivity contribution < 1.29 is 0 Å². The van der Waals surface area contributed by atoms with Crippen LogP contribution < -0.4 is 5.32 Å². The maximum atomic E-state index is 4.45. The molecule has 20 heavy (non-hydrogen) atoms. The van der Waals surface area contributed by atoms with E-state index in [1.165, 1.54) is 10.9 Å². The number of nitrogens with zero attached hydrogens (tertiary/aromatic N) is 1. The smallest absolute Gasteiger partial charge is 0.0704 e. The number of aromatic nitrogens is 1. The van der Waals surface area contributed by atoms with Crippen molar-refractivity contribution in [1.29, 1.82) is 0 Å². The average Bonchev–Trinajstić information content (AvgIpc) is 2.42. The Labute approximate surface area is 122 Å². The van der Waals surface area contributed by atoms with Crippen LogP contribution in [0.15, 0.2) is 36.5 Å². The van der Waals surface area contributed by atoms with Crippen LogP contribution in [0.3, 0.4) is 0 Å². The van der Waals surface area contributed by atoms with Gasteiger partial charge < -0.3 is 5.32 Å². The summed E-state index contributed by atoms with van der Waals surface area (Å²) in [7, 11) is 0. The Hall–Kier alpha value is -1.41. The summed E-state index contributed by atoms with van der Waals surface area (Å²) in [5.74, 6) is 1.10. The quantitative estimate of drug-likeness (QED) is 0.892. The van der Waals surface area contributed by atoms with E-state index >= 15 is 0 Å². The van der Waals surface area contributed by atoms with Crippen molar-refractivity contribution >= 4 is 10.9 Å². The number of nitrogens with one attached hydrogen (secondary N) is 1. The molecule has 0 aliphatic heterocycles. The van der Waals surface area contributed by atoms with Crippen LogP contribution >= 0.6 is 0 Å². The lowest BCUT2D eigenvalue weighted by Crippen LogP contribution is -2.39. The third-order valence-corrected chi connectivity index (χ3v) is 3.98. The first-order valence-electron chi connectivity index (χ1n) is 7.47. The van der Waals surface area contributed by atoms with Crippen LogP contribution in [-0.4, -0.2) is 17.1 Å². The molecule has 1 aromatic carbocycles. The van der Waals surface area contributed by atoms with Crippen molar-refractivity contribution in [3.8, 4) is 0 Å². The summed E-state index contributed by atoms with van der Waals surface area (Å²) in [6.07, 6.45) is 1.86. The van der Waals surface area contributed by atoms with Crippen LogP contribution in [-0.2, 0) is 0 Å². The second-order valence-corrected chi connectivity index (χ2v) is 6.81. The predicted molar refractivity (Wildman–Crippen MR) is 87.1 cm³/mol. The van der Waals surface area contributed by atoms with E-state index in [4.69, 9.17) is 0 Å². The Balaban J connectivity index is 2.20. The van der Waals surface area contributed by atoms with Crippen LogP contribution in [0.2, 0.25) is 0 Å². The average molecular weight is 270 g/mol. The Kier molecular flexibility index (Phi) is 4.44. The number of pyridine rings is 1. The summed E-state index contributed by atoms with van der Waals surface area (Å²) in [6.45, 7) is 12.3. The molecule has 2 heteroatoms. The summed E-state index contributed by atoms with van der Waals surface area (Å²) in [5, 5.41) is 4.89. The van der Waals surface area contributed by atoms with E-state index in [-0.39, 0.29) is 5.54 Å². The molecular formula is C18H26N2. The number of hydrogen-bond acceptors (Lipinski definition) is 2. The van der Waals surface area contributed by atoms with Gasteiger partial charge in [-0.15, -0.1) is 0 Å².